The highest BCUT2D eigenvalue weighted by Crippen LogP contribution is 2.33. The molecular formula is C22H26FN3O. The van der Waals surface area contributed by atoms with Crippen molar-refractivity contribution in [1.82, 2.24) is 15.1 Å². The summed E-state index contributed by atoms with van der Waals surface area (Å²) >= 11 is 0. The topological polar surface area (TPSA) is 35.6 Å². The normalized spacial score (nSPS) is 20.6. The van der Waals surface area contributed by atoms with Crippen LogP contribution in [0, 0.1) is 5.82 Å². The monoisotopic (exact) mass is 367 g/mol. The summed E-state index contributed by atoms with van der Waals surface area (Å²) in [6.07, 6.45) is 1.61. The standard InChI is InChI=1S/C22H26FN3O/c23-20-8-4-7-19(15-20)16-25-12-9-22(10-13-25)21(27)24-11-14-26(22)17-18-5-2-1-3-6-18/h1-8,15H,9-14,16-17H2,(H,24,27). The van der Waals surface area contributed by atoms with Gasteiger partial charge < -0.3 is 5.32 Å². The first-order valence-corrected chi connectivity index (χ1v) is 9.70. The molecule has 5 heteroatoms. The molecule has 0 unspecified atom stereocenters. The molecule has 0 radical (unpaired) electrons. The summed E-state index contributed by atoms with van der Waals surface area (Å²) in [5.74, 6) is -0.0308. The summed E-state index contributed by atoms with van der Waals surface area (Å²) in [5, 5.41) is 3.08. The van der Waals surface area contributed by atoms with E-state index in [-0.39, 0.29) is 11.7 Å². The van der Waals surface area contributed by atoms with Crippen molar-refractivity contribution in [2.45, 2.75) is 31.5 Å². The number of amides is 1. The van der Waals surface area contributed by atoms with Crippen LogP contribution < -0.4 is 5.32 Å². The van der Waals surface area contributed by atoms with Gasteiger partial charge in [0.25, 0.3) is 0 Å². The maximum Gasteiger partial charge on any atom is 0.240 e. The SMILES string of the molecule is O=C1NCCN(Cc2ccccc2)C12CCN(Cc1cccc(F)c1)CC2. The summed E-state index contributed by atoms with van der Waals surface area (Å²) in [6.45, 7) is 4.81. The molecule has 1 amide bonds. The molecule has 2 aliphatic heterocycles. The highest BCUT2D eigenvalue weighted by molar-refractivity contribution is 5.87. The number of piperazine rings is 1. The van der Waals surface area contributed by atoms with Gasteiger partial charge >= 0.3 is 0 Å². The van der Waals surface area contributed by atoms with Crippen LogP contribution in [-0.4, -0.2) is 47.4 Å². The molecule has 2 aromatic rings. The Kier molecular flexibility index (Phi) is 5.23. The number of piperidine rings is 1. The van der Waals surface area contributed by atoms with Gasteiger partial charge in [-0.3, -0.25) is 14.6 Å². The number of rotatable bonds is 4. The maximum atomic E-state index is 13.4. The van der Waals surface area contributed by atoms with Crippen LogP contribution in [0.2, 0.25) is 0 Å². The van der Waals surface area contributed by atoms with Gasteiger partial charge in [-0.15, -0.1) is 0 Å². The molecule has 2 heterocycles. The quantitative estimate of drug-likeness (QED) is 0.903. The van der Waals surface area contributed by atoms with Crippen LogP contribution >= 0.6 is 0 Å². The summed E-state index contributed by atoms with van der Waals surface area (Å²) in [5.41, 5.74) is 1.81. The fourth-order valence-electron chi connectivity index (χ4n) is 4.38. The second-order valence-electron chi connectivity index (χ2n) is 7.60. The van der Waals surface area contributed by atoms with Crippen molar-refractivity contribution in [3.05, 3.63) is 71.5 Å². The summed E-state index contributed by atoms with van der Waals surface area (Å²) in [6, 6.07) is 17.2. The van der Waals surface area contributed by atoms with Crippen molar-refractivity contribution in [3.63, 3.8) is 0 Å². The minimum absolute atomic E-state index is 0.162. The largest absolute Gasteiger partial charge is 0.353 e. The molecule has 0 bridgehead atoms. The van der Waals surface area contributed by atoms with E-state index in [2.05, 4.69) is 27.2 Å². The van der Waals surface area contributed by atoms with E-state index in [1.54, 1.807) is 12.1 Å². The zero-order valence-corrected chi connectivity index (χ0v) is 15.5. The molecule has 1 spiro atoms. The number of hydrogen-bond acceptors (Lipinski definition) is 3. The molecule has 4 rings (SSSR count). The van der Waals surface area contributed by atoms with Gasteiger partial charge in [0.1, 0.15) is 11.4 Å². The Morgan fingerprint density at radius 3 is 2.41 bits per heavy atom. The van der Waals surface area contributed by atoms with Gasteiger partial charge in [0.15, 0.2) is 0 Å². The fourth-order valence-corrected chi connectivity index (χ4v) is 4.38. The number of hydrogen-bond donors (Lipinski definition) is 1. The molecule has 2 saturated heterocycles. The predicted octanol–water partition coefficient (Wildman–Crippen LogP) is 2.79. The molecule has 2 aromatic carbocycles. The average Bonchev–Trinajstić information content (AvgIpc) is 2.68. The van der Waals surface area contributed by atoms with Crippen LogP contribution in [0.5, 0.6) is 0 Å². The van der Waals surface area contributed by atoms with E-state index in [1.807, 2.05) is 24.3 Å². The lowest BCUT2D eigenvalue weighted by Gasteiger charge is -2.50. The number of benzene rings is 2. The minimum atomic E-state index is -0.424. The second kappa shape index (κ2) is 7.79. The molecule has 142 valence electrons. The second-order valence-corrected chi connectivity index (χ2v) is 7.60. The smallest absolute Gasteiger partial charge is 0.240 e. The number of nitrogens with one attached hydrogen (secondary N) is 1. The molecule has 1 N–H and O–H groups in total. The lowest BCUT2D eigenvalue weighted by Crippen LogP contribution is -2.67. The number of nitrogens with zero attached hydrogens (tertiary/aromatic N) is 2. The lowest BCUT2D eigenvalue weighted by molar-refractivity contribution is -0.142. The van der Waals surface area contributed by atoms with Gasteiger partial charge in [-0.05, 0) is 36.1 Å². The molecular weight excluding hydrogens is 341 g/mol. The predicted molar refractivity (Wildman–Crippen MR) is 104 cm³/mol. The molecule has 0 saturated carbocycles. The van der Waals surface area contributed by atoms with Crippen molar-refractivity contribution in [3.8, 4) is 0 Å². The van der Waals surface area contributed by atoms with E-state index in [0.717, 1.165) is 51.1 Å². The van der Waals surface area contributed by atoms with Crippen LogP contribution in [0.4, 0.5) is 4.39 Å². The number of halogens is 1. The Balaban J connectivity index is 1.45. The molecule has 0 aromatic heterocycles. The Labute approximate surface area is 160 Å². The van der Waals surface area contributed by atoms with Crippen LogP contribution in [0.15, 0.2) is 54.6 Å². The van der Waals surface area contributed by atoms with Crippen molar-refractivity contribution in [2.24, 2.45) is 0 Å². The fraction of sp³-hybridized carbons (Fsp3) is 0.409. The molecule has 4 nitrogen and oxygen atoms in total. The number of likely N-dealkylation sites (tertiary alicyclic amines) is 1. The van der Waals surface area contributed by atoms with Gasteiger partial charge in [0.2, 0.25) is 5.91 Å². The van der Waals surface area contributed by atoms with Crippen LogP contribution in [0.25, 0.3) is 0 Å². The third-order valence-corrected chi connectivity index (χ3v) is 5.89. The average molecular weight is 367 g/mol. The minimum Gasteiger partial charge on any atom is -0.353 e. The van der Waals surface area contributed by atoms with E-state index in [0.29, 0.717) is 6.54 Å². The Morgan fingerprint density at radius 1 is 0.926 bits per heavy atom. The highest BCUT2D eigenvalue weighted by Gasteiger charge is 2.47. The van der Waals surface area contributed by atoms with Gasteiger partial charge in [0, 0.05) is 39.3 Å². The molecule has 0 aliphatic carbocycles. The lowest BCUT2D eigenvalue weighted by atomic mass is 9.82. The van der Waals surface area contributed by atoms with Crippen molar-refractivity contribution in [1.29, 1.82) is 0 Å². The Hall–Kier alpha value is -2.24. The van der Waals surface area contributed by atoms with Gasteiger partial charge in [-0.1, -0.05) is 42.5 Å². The highest BCUT2D eigenvalue weighted by atomic mass is 19.1. The van der Waals surface area contributed by atoms with E-state index < -0.39 is 5.54 Å². The molecule has 0 atom stereocenters. The van der Waals surface area contributed by atoms with E-state index in [4.69, 9.17) is 0 Å². The van der Waals surface area contributed by atoms with Crippen LogP contribution in [0.3, 0.4) is 0 Å². The third kappa shape index (κ3) is 3.89. The van der Waals surface area contributed by atoms with Crippen LogP contribution in [0.1, 0.15) is 24.0 Å². The van der Waals surface area contributed by atoms with Gasteiger partial charge in [0.05, 0.1) is 0 Å². The van der Waals surface area contributed by atoms with Crippen molar-refractivity contribution < 1.29 is 9.18 Å². The first kappa shape index (κ1) is 18.1. The zero-order chi connectivity index (χ0) is 18.7. The first-order chi connectivity index (χ1) is 13.2. The van der Waals surface area contributed by atoms with E-state index in [1.165, 1.54) is 11.6 Å². The summed E-state index contributed by atoms with van der Waals surface area (Å²) in [7, 11) is 0. The van der Waals surface area contributed by atoms with E-state index >= 15 is 0 Å². The molecule has 2 aliphatic rings. The Morgan fingerprint density at radius 2 is 1.67 bits per heavy atom. The molecule has 2 fully saturated rings. The molecule has 27 heavy (non-hydrogen) atoms. The Bertz CT molecular complexity index is 787. The van der Waals surface area contributed by atoms with Crippen molar-refractivity contribution >= 4 is 5.91 Å². The van der Waals surface area contributed by atoms with Gasteiger partial charge in [-0.2, -0.15) is 0 Å². The van der Waals surface area contributed by atoms with E-state index in [9.17, 15) is 9.18 Å². The first-order valence-electron chi connectivity index (χ1n) is 9.70. The van der Waals surface area contributed by atoms with Crippen LogP contribution in [-0.2, 0) is 17.9 Å². The van der Waals surface area contributed by atoms with Crippen molar-refractivity contribution in [2.75, 3.05) is 26.2 Å². The summed E-state index contributed by atoms with van der Waals surface area (Å²) < 4.78 is 13.4. The zero-order valence-electron chi connectivity index (χ0n) is 15.5. The number of carbonyl (C=O) groups is 1. The third-order valence-electron chi connectivity index (χ3n) is 5.89. The maximum absolute atomic E-state index is 13.4. The van der Waals surface area contributed by atoms with Gasteiger partial charge in [-0.25, -0.2) is 4.39 Å². The number of carbonyl (C=O) groups excluding carboxylic acids is 1. The summed E-state index contributed by atoms with van der Waals surface area (Å²) in [4.78, 5) is 17.5.